The van der Waals surface area contributed by atoms with Crippen LogP contribution in [0.25, 0.3) is 88.5 Å². The van der Waals surface area contributed by atoms with Crippen molar-refractivity contribution < 1.29 is 4.42 Å². The van der Waals surface area contributed by atoms with Crippen LogP contribution in [0.5, 0.6) is 0 Å². The van der Waals surface area contributed by atoms with Crippen LogP contribution in [-0.4, -0.2) is 9.97 Å². The average Bonchev–Trinajstić information content (AvgIpc) is 3.56. The molecule has 0 radical (unpaired) electrons. The van der Waals surface area contributed by atoms with Crippen LogP contribution in [0.1, 0.15) is 0 Å². The van der Waals surface area contributed by atoms with E-state index in [9.17, 15) is 0 Å². The van der Waals surface area contributed by atoms with E-state index in [0.717, 1.165) is 44.6 Å². The zero-order chi connectivity index (χ0) is 29.7. The van der Waals surface area contributed by atoms with Gasteiger partial charge in [0.1, 0.15) is 11.3 Å². The Bertz CT molecular complexity index is 2500. The van der Waals surface area contributed by atoms with E-state index in [0.29, 0.717) is 5.82 Å². The number of aromatic nitrogens is 2. The summed E-state index contributed by atoms with van der Waals surface area (Å²) >= 11 is 0. The lowest BCUT2D eigenvalue weighted by molar-refractivity contribution is 0.628. The summed E-state index contributed by atoms with van der Waals surface area (Å²) in [5, 5.41) is 8.13. The van der Waals surface area contributed by atoms with Gasteiger partial charge in [-0.1, -0.05) is 140 Å². The van der Waals surface area contributed by atoms with E-state index in [1.165, 1.54) is 38.1 Å². The van der Waals surface area contributed by atoms with Crippen LogP contribution in [0, 0.1) is 0 Å². The number of hydrogen-bond acceptors (Lipinski definition) is 3. The molecule has 9 aromatic rings. The summed E-state index contributed by atoms with van der Waals surface area (Å²) in [5.74, 6) is 1.38. The molecule has 3 nitrogen and oxygen atoms in total. The van der Waals surface area contributed by atoms with Gasteiger partial charge >= 0.3 is 0 Å². The normalized spacial score (nSPS) is 11.6. The minimum atomic E-state index is 0.660. The van der Waals surface area contributed by atoms with Gasteiger partial charge in [0, 0.05) is 21.9 Å². The highest BCUT2D eigenvalue weighted by Crippen LogP contribution is 2.46. The van der Waals surface area contributed by atoms with Gasteiger partial charge in [-0.2, -0.15) is 0 Å². The summed E-state index contributed by atoms with van der Waals surface area (Å²) in [6, 6.07) is 55.0. The SMILES string of the molecule is c1ccc(-c2nc(-c3cc4ccccc4o3)cc(-c3c4ccccc4c(-c4ccccc4)c4ccc5ccccc5c34)n2)cc1. The topological polar surface area (TPSA) is 38.9 Å². The molecule has 0 spiro atoms. The Hall–Kier alpha value is -6.06. The minimum Gasteiger partial charge on any atom is -0.454 e. The standard InChI is InChI=1S/C42H26N2O/c1-3-14-28(15-4-1)39-32-20-10-11-21-33(32)41(40-31-19-9-7-13-27(31)23-24-34(39)40)36-26-35(38-25-30-18-8-12-22-37(30)45-38)43-42(44-36)29-16-5-2-6-17-29/h1-26H. The quantitative estimate of drug-likeness (QED) is 0.155. The highest BCUT2D eigenvalue weighted by molar-refractivity contribution is 6.27. The maximum absolute atomic E-state index is 6.37. The molecule has 0 saturated heterocycles. The Kier molecular flexibility index (Phi) is 5.82. The second-order valence-electron chi connectivity index (χ2n) is 11.3. The van der Waals surface area contributed by atoms with E-state index < -0.39 is 0 Å². The lowest BCUT2D eigenvalue weighted by Gasteiger charge is -2.19. The van der Waals surface area contributed by atoms with Gasteiger partial charge in [-0.15, -0.1) is 0 Å². The number of rotatable bonds is 4. The van der Waals surface area contributed by atoms with Crippen molar-refractivity contribution in [3.8, 4) is 45.2 Å². The van der Waals surface area contributed by atoms with E-state index in [1.54, 1.807) is 0 Å². The Morgan fingerprint density at radius 1 is 0.400 bits per heavy atom. The van der Waals surface area contributed by atoms with Gasteiger partial charge in [0.25, 0.3) is 0 Å². The number of furan rings is 1. The summed E-state index contributed by atoms with van der Waals surface area (Å²) in [6.45, 7) is 0. The molecule has 210 valence electrons. The third-order valence-corrected chi connectivity index (χ3v) is 8.67. The summed E-state index contributed by atoms with van der Waals surface area (Å²) in [6.07, 6.45) is 0. The zero-order valence-corrected chi connectivity index (χ0v) is 24.3. The molecule has 2 heterocycles. The van der Waals surface area contributed by atoms with Crippen LogP contribution >= 0.6 is 0 Å². The molecule has 0 aliphatic rings. The number of fused-ring (bicyclic) bond motifs is 5. The van der Waals surface area contributed by atoms with Gasteiger partial charge in [-0.3, -0.25) is 0 Å². The van der Waals surface area contributed by atoms with Crippen molar-refractivity contribution in [3.05, 3.63) is 158 Å². The van der Waals surface area contributed by atoms with Gasteiger partial charge in [0.05, 0.1) is 5.69 Å². The second kappa shape index (κ2) is 10.3. The Labute approximate surface area is 260 Å². The fraction of sp³-hybridized carbons (Fsp3) is 0. The molecular formula is C42H26N2O. The molecule has 0 fully saturated rings. The van der Waals surface area contributed by atoms with E-state index in [-0.39, 0.29) is 0 Å². The van der Waals surface area contributed by atoms with Crippen molar-refractivity contribution in [2.45, 2.75) is 0 Å². The van der Waals surface area contributed by atoms with Crippen molar-refractivity contribution >= 4 is 43.3 Å². The molecule has 0 aliphatic carbocycles. The summed E-state index contributed by atoms with van der Waals surface area (Å²) < 4.78 is 6.37. The lowest BCUT2D eigenvalue weighted by atomic mass is 9.85. The van der Waals surface area contributed by atoms with Gasteiger partial charge < -0.3 is 4.42 Å². The highest BCUT2D eigenvalue weighted by Gasteiger charge is 2.21. The Morgan fingerprint density at radius 2 is 1.00 bits per heavy atom. The Morgan fingerprint density at radius 3 is 1.76 bits per heavy atom. The monoisotopic (exact) mass is 574 g/mol. The highest BCUT2D eigenvalue weighted by atomic mass is 16.3. The molecule has 0 aliphatic heterocycles. The number of para-hydroxylation sites is 1. The first-order chi connectivity index (χ1) is 22.3. The van der Waals surface area contributed by atoms with Crippen LogP contribution < -0.4 is 0 Å². The minimum absolute atomic E-state index is 0.660. The summed E-state index contributed by atoms with van der Waals surface area (Å²) in [5.41, 5.74) is 6.91. The average molecular weight is 575 g/mol. The largest absolute Gasteiger partial charge is 0.454 e. The maximum atomic E-state index is 6.37. The van der Waals surface area contributed by atoms with Crippen LogP contribution in [0.2, 0.25) is 0 Å². The number of hydrogen-bond donors (Lipinski definition) is 0. The van der Waals surface area contributed by atoms with Crippen molar-refractivity contribution in [1.29, 1.82) is 0 Å². The molecule has 7 aromatic carbocycles. The Balaban J connectivity index is 1.45. The maximum Gasteiger partial charge on any atom is 0.160 e. The summed E-state index contributed by atoms with van der Waals surface area (Å²) in [7, 11) is 0. The first kappa shape index (κ1) is 25.4. The molecule has 0 unspecified atom stereocenters. The number of nitrogens with zero attached hydrogens (tertiary/aromatic N) is 2. The van der Waals surface area contributed by atoms with Gasteiger partial charge in [-0.25, -0.2) is 9.97 Å². The number of benzene rings is 7. The van der Waals surface area contributed by atoms with Crippen molar-refractivity contribution in [1.82, 2.24) is 9.97 Å². The fourth-order valence-electron chi connectivity index (χ4n) is 6.66. The molecule has 0 N–H and O–H groups in total. The molecule has 0 atom stereocenters. The smallest absolute Gasteiger partial charge is 0.160 e. The van der Waals surface area contributed by atoms with Crippen molar-refractivity contribution in [3.63, 3.8) is 0 Å². The molecule has 45 heavy (non-hydrogen) atoms. The van der Waals surface area contributed by atoms with E-state index in [4.69, 9.17) is 14.4 Å². The molecule has 9 rings (SSSR count). The predicted molar refractivity (Wildman–Crippen MR) is 186 cm³/mol. The van der Waals surface area contributed by atoms with E-state index in [2.05, 4.69) is 121 Å². The molecule has 0 saturated carbocycles. The van der Waals surface area contributed by atoms with Crippen molar-refractivity contribution in [2.75, 3.05) is 0 Å². The van der Waals surface area contributed by atoms with Crippen LogP contribution in [-0.2, 0) is 0 Å². The molecule has 0 bridgehead atoms. The van der Waals surface area contributed by atoms with Crippen LogP contribution in [0.4, 0.5) is 0 Å². The molecular weight excluding hydrogens is 548 g/mol. The van der Waals surface area contributed by atoms with Crippen LogP contribution in [0.3, 0.4) is 0 Å². The first-order valence-corrected chi connectivity index (χ1v) is 15.2. The molecule has 0 amide bonds. The second-order valence-corrected chi connectivity index (χ2v) is 11.3. The van der Waals surface area contributed by atoms with Crippen LogP contribution in [0.15, 0.2) is 162 Å². The van der Waals surface area contributed by atoms with Gasteiger partial charge in [0.2, 0.25) is 0 Å². The summed E-state index contributed by atoms with van der Waals surface area (Å²) in [4.78, 5) is 10.4. The van der Waals surface area contributed by atoms with E-state index >= 15 is 0 Å². The zero-order valence-electron chi connectivity index (χ0n) is 24.3. The third-order valence-electron chi connectivity index (χ3n) is 8.67. The first-order valence-electron chi connectivity index (χ1n) is 15.2. The molecule has 3 heteroatoms. The fourth-order valence-corrected chi connectivity index (χ4v) is 6.66. The molecule has 2 aromatic heterocycles. The lowest BCUT2D eigenvalue weighted by Crippen LogP contribution is -1.98. The third kappa shape index (κ3) is 4.21. The van der Waals surface area contributed by atoms with Gasteiger partial charge in [-0.05, 0) is 56.3 Å². The van der Waals surface area contributed by atoms with E-state index in [1.807, 2.05) is 36.4 Å². The predicted octanol–water partition coefficient (Wildman–Crippen LogP) is 11.4. The van der Waals surface area contributed by atoms with Crippen molar-refractivity contribution in [2.24, 2.45) is 0 Å². The van der Waals surface area contributed by atoms with Gasteiger partial charge in [0.15, 0.2) is 11.6 Å².